The molecule has 3 nitrogen and oxygen atoms in total. The molecule has 0 fully saturated rings. The van der Waals surface area contributed by atoms with E-state index >= 15 is 0 Å². The highest BCUT2D eigenvalue weighted by Crippen LogP contribution is 2.34. The number of anilines is 1. The summed E-state index contributed by atoms with van der Waals surface area (Å²) in [5, 5.41) is 2.88. The fourth-order valence-corrected chi connectivity index (χ4v) is 2.00. The molecule has 1 aliphatic rings. The zero-order chi connectivity index (χ0) is 13.3. The van der Waals surface area contributed by atoms with Crippen LogP contribution in [0.15, 0.2) is 18.2 Å². The van der Waals surface area contributed by atoms with Crippen molar-refractivity contribution in [3.63, 3.8) is 0 Å². The minimum absolute atomic E-state index is 0.402. The normalized spacial score (nSPS) is 18.8. The largest absolute Gasteiger partial charge is 0.467 e. The number of benzene rings is 1. The number of carbonyl (C=O) groups excluding carboxylic acids is 1. The van der Waals surface area contributed by atoms with Gasteiger partial charge in [-0.05, 0) is 36.6 Å². The van der Waals surface area contributed by atoms with Crippen LogP contribution >= 0.6 is 0 Å². The van der Waals surface area contributed by atoms with Crippen molar-refractivity contribution in [1.82, 2.24) is 0 Å². The molecule has 0 amide bonds. The van der Waals surface area contributed by atoms with E-state index in [1.807, 2.05) is 0 Å². The number of hydrogen-bond acceptors (Lipinski definition) is 3. The average molecular weight is 259 g/mol. The molecular formula is C12H12F3NO2. The number of methoxy groups -OCH3 is 1. The molecule has 0 spiro atoms. The SMILES string of the molecule is COC(=O)C1CCc2cc(C(F)(F)F)ccc2N1. The van der Waals surface area contributed by atoms with E-state index in [4.69, 9.17) is 0 Å². The van der Waals surface area contributed by atoms with Gasteiger partial charge in [0, 0.05) is 5.69 Å². The third-order valence-corrected chi connectivity index (χ3v) is 2.95. The fourth-order valence-electron chi connectivity index (χ4n) is 2.00. The molecular weight excluding hydrogens is 247 g/mol. The smallest absolute Gasteiger partial charge is 0.416 e. The third-order valence-electron chi connectivity index (χ3n) is 2.95. The van der Waals surface area contributed by atoms with E-state index in [0.717, 1.165) is 12.1 Å². The van der Waals surface area contributed by atoms with Crippen LogP contribution in [0.2, 0.25) is 0 Å². The van der Waals surface area contributed by atoms with Crippen molar-refractivity contribution in [2.24, 2.45) is 0 Å². The summed E-state index contributed by atoms with van der Waals surface area (Å²) in [6.45, 7) is 0. The van der Waals surface area contributed by atoms with Crippen molar-refractivity contribution < 1.29 is 22.7 Å². The summed E-state index contributed by atoms with van der Waals surface area (Å²) in [6.07, 6.45) is -3.48. The van der Waals surface area contributed by atoms with E-state index in [9.17, 15) is 18.0 Å². The van der Waals surface area contributed by atoms with Gasteiger partial charge in [-0.25, -0.2) is 4.79 Å². The van der Waals surface area contributed by atoms with Crippen molar-refractivity contribution >= 4 is 11.7 Å². The highest BCUT2D eigenvalue weighted by Gasteiger charge is 2.32. The second kappa shape index (κ2) is 4.51. The van der Waals surface area contributed by atoms with E-state index in [0.29, 0.717) is 24.1 Å². The first-order valence-electron chi connectivity index (χ1n) is 5.46. The molecule has 2 rings (SSSR count). The van der Waals surface area contributed by atoms with Gasteiger partial charge < -0.3 is 10.1 Å². The Morgan fingerprint density at radius 3 is 2.78 bits per heavy atom. The standard InChI is InChI=1S/C12H12F3NO2/c1-18-11(17)10-4-2-7-6-8(12(13,14)15)3-5-9(7)16-10/h3,5-6,10,16H,2,4H2,1H3. The van der Waals surface area contributed by atoms with Gasteiger partial charge in [-0.2, -0.15) is 13.2 Å². The summed E-state index contributed by atoms with van der Waals surface area (Å²) < 4.78 is 42.2. The van der Waals surface area contributed by atoms with Gasteiger partial charge in [0.2, 0.25) is 0 Å². The Morgan fingerprint density at radius 1 is 1.44 bits per heavy atom. The molecule has 6 heteroatoms. The van der Waals surface area contributed by atoms with Gasteiger partial charge in [-0.15, -0.1) is 0 Å². The maximum absolute atomic E-state index is 12.5. The fraction of sp³-hybridized carbons (Fsp3) is 0.417. The van der Waals surface area contributed by atoms with E-state index in [-0.39, 0.29) is 0 Å². The van der Waals surface area contributed by atoms with Crippen molar-refractivity contribution in [3.8, 4) is 0 Å². The van der Waals surface area contributed by atoms with Crippen LogP contribution in [-0.2, 0) is 22.1 Å². The van der Waals surface area contributed by atoms with Crippen LogP contribution in [0, 0.1) is 0 Å². The molecule has 1 aromatic carbocycles. The van der Waals surface area contributed by atoms with Crippen molar-refractivity contribution in [2.45, 2.75) is 25.1 Å². The lowest BCUT2D eigenvalue weighted by Gasteiger charge is -2.25. The van der Waals surface area contributed by atoms with Gasteiger partial charge in [0.1, 0.15) is 6.04 Å². The Kier molecular flexibility index (Phi) is 3.19. The van der Waals surface area contributed by atoms with Crippen molar-refractivity contribution in [3.05, 3.63) is 29.3 Å². The number of halogens is 3. The molecule has 1 N–H and O–H groups in total. The van der Waals surface area contributed by atoms with Crippen molar-refractivity contribution in [2.75, 3.05) is 12.4 Å². The molecule has 1 aliphatic heterocycles. The topological polar surface area (TPSA) is 38.3 Å². The summed E-state index contributed by atoms with van der Waals surface area (Å²) in [7, 11) is 1.28. The van der Waals surface area contributed by atoms with Gasteiger partial charge in [0.05, 0.1) is 12.7 Å². The number of nitrogens with one attached hydrogen (secondary N) is 1. The first-order chi connectivity index (χ1) is 8.41. The maximum atomic E-state index is 12.5. The number of aryl methyl sites for hydroxylation is 1. The molecule has 98 valence electrons. The van der Waals surface area contributed by atoms with Crippen LogP contribution in [0.25, 0.3) is 0 Å². The summed E-state index contributed by atoms with van der Waals surface area (Å²) in [6, 6.07) is 2.99. The second-order valence-electron chi connectivity index (χ2n) is 4.13. The number of alkyl halides is 3. The third kappa shape index (κ3) is 2.42. The van der Waals surface area contributed by atoms with Crippen LogP contribution in [0.3, 0.4) is 0 Å². The first kappa shape index (κ1) is 12.7. The van der Waals surface area contributed by atoms with Crippen LogP contribution < -0.4 is 5.32 Å². The summed E-state index contributed by atoms with van der Waals surface area (Å²) in [4.78, 5) is 11.3. The highest BCUT2D eigenvalue weighted by molar-refractivity contribution is 5.80. The zero-order valence-electron chi connectivity index (χ0n) is 9.67. The van der Waals surface area contributed by atoms with Crippen LogP contribution in [0.4, 0.5) is 18.9 Å². The van der Waals surface area contributed by atoms with Crippen molar-refractivity contribution in [1.29, 1.82) is 0 Å². The molecule has 1 atom stereocenters. The number of ether oxygens (including phenoxy) is 1. The highest BCUT2D eigenvalue weighted by atomic mass is 19.4. The Labute approximate surface area is 102 Å². The minimum Gasteiger partial charge on any atom is -0.467 e. The first-order valence-corrected chi connectivity index (χ1v) is 5.46. The predicted octanol–water partition coefficient (Wildman–Crippen LogP) is 2.61. The van der Waals surface area contributed by atoms with Gasteiger partial charge in [0.25, 0.3) is 0 Å². The van der Waals surface area contributed by atoms with E-state index in [1.165, 1.54) is 13.2 Å². The molecule has 1 aromatic rings. The van der Waals surface area contributed by atoms with E-state index in [1.54, 1.807) is 0 Å². The Hall–Kier alpha value is -1.72. The monoisotopic (exact) mass is 259 g/mol. The second-order valence-corrected chi connectivity index (χ2v) is 4.13. The Balaban J connectivity index is 2.24. The van der Waals surface area contributed by atoms with Crippen LogP contribution in [0.5, 0.6) is 0 Å². The number of rotatable bonds is 1. The molecule has 0 aliphatic carbocycles. The summed E-state index contributed by atoms with van der Waals surface area (Å²) in [5.74, 6) is -0.402. The lowest BCUT2D eigenvalue weighted by atomic mass is 9.96. The van der Waals surface area contributed by atoms with Gasteiger partial charge >= 0.3 is 12.1 Å². The lowest BCUT2D eigenvalue weighted by Crippen LogP contribution is -2.34. The van der Waals surface area contributed by atoms with Gasteiger partial charge in [-0.3, -0.25) is 0 Å². The summed E-state index contributed by atoms with van der Waals surface area (Å²) >= 11 is 0. The van der Waals surface area contributed by atoms with E-state index < -0.39 is 23.8 Å². The Morgan fingerprint density at radius 2 is 2.17 bits per heavy atom. The quantitative estimate of drug-likeness (QED) is 0.788. The van der Waals surface area contributed by atoms with Crippen LogP contribution in [-0.4, -0.2) is 19.1 Å². The molecule has 0 bridgehead atoms. The molecule has 18 heavy (non-hydrogen) atoms. The number of carbonyl (C=O) groups is 1. The maximum Gasteiger partial charge on any atom is 0.416 e. The molecule has 0 radical (unpaired) electrons. The molecule has 0 saturated heterocycles. The number of esters is 1. The molecule has 0 aromatic heterocycles. The lowest BCUT2D eigenvalue weighted by molar-refractivity contribution is -0.142. The summed E-state index contributed by atoms with van der Waals surface area (Å²) in [5.41, 5.74) is 0.467. The zero-order valence-corrected chi connectivity index (χ0v) is 9.67. The minimum atomic E-state index is -4.34. The predicted molar refractivity (Wildman–Crippen MR) is 59.2 cm³/mol. The Bertz CT molecular complexity index is 471. The number of hydrogen-bond donors (Lipinski definition) is 1. The van der Waals surface area contributed by atoms with Gasteiger partial charge in [0.15, 0.2) is 0 Å². The molecule has 1 heterocycles. The average Bonchev–Trinajstić information content (AvgIpc) is 2.35. The van der Waals surface area contributed by atoms with E-state index in [2.05, 4.69) is 10.1 Å². The van der Waals surface area contributed by atoms with Gasteiger partial charge in [-0.1, -0.05) is 0 Å². The molecule has 0 saturated carbocycles. The molecule has 1 unspecified atom stereocenters. The van der Waals surface area contributed by atoms with Crippen LogP contribution in [0.1, 0.15) is 17.5 Å². The number of fused-ring (bicyclic) bond motifs is 1.